The molecule has 0 aliphatic heterocycles. The number of halogens is 3. The number of carboxylic acid groups (broad SMARTS) is 2. The molecule has 1 aromatic heterocycles. The molecule has 0 saturated heterocycles. The van der Waals surface area contributed by atoms with Gasteiger partial charge in [-0.05, 0) is 85.7 Å². The Bertz CT molecular complexity index is 1610. The molecule has 0 fully saturated rings. The molecule has 10 heteroatoms. The molecule has 0 radical (unpaired) electrons. The summed E-state index contributed by atoms with van der Waals surface area (Å²) in [6, 6.07) is 13.8. The van der Waals surface area contributed by atoms with E-state index < -0.39 is 29.4 Å². The van der Waals surface area contributed by atoms with Crippen molar-refractivity contribution in [2.45, 2.75) is 45.6 Å². The molecule has 0 bridgehead atoms. The number of hydrogen-bond donors (Lipinski definition) is 2. The number of hydrogen-bond acceptors (Lipinski definition) is 4. The summed E-state index contributed by atoms with van der Waals surface area (Å²) in [6.45, 7) is 1.91. The van der Waals surface area contributed by atoms with Crippen LogP contribution in [0.15, 0.2) is 54.6 Å². The Kier molecular flexibility index (Phi) is 10.5. The lowest BCUT2D eigenvalue weighted by Crippen LogP contribution is -2.10. The summed E-state index contributed by atoms with van der Waals surface area (Å²) >= 11 is 0. The molecule has 1 heterocycles. The Morgan fingerprint density at radius 2 is 1.49 bits per heavy atom. The Labute approximate surface area is 246 Å². The van der Waals surface area contributed by atoms with Gasteiger partial charge in [-0.15, -0.1) is 0 Å². The molecule has 0 aliphatic rings. The minimum absolute atomic E-state index is 0.0723. The number of fused-ring (bicyclic) bond motifs is 1. The van der Waals surface area contributed by atoms with Crippen molar-refractivity contribution in [1.82, 2.24) is 4.57 Å². The van der Waals surface area contributed by atoms with Crippen molar-refractivity contribution >= 4 is 35.0 Å². The fourth-order valence-electron chi connectivity index (χ4n) is 4.91. The van der Waals surface area contributed by atoms with Crippen molar-refractivity contribution in [3.05, 3.63) is 94.4 Å². The molecular weight excluding hydrogens is 563 g/mol. The van der Waals surface area contributed by atoms with Crippen molar-refractivity contribution in [2.75, 3.05) is 13.2 Å². The van der Waals surface area contributed by atoms with Crippen molar-refractivity contribution in [3.8, 4) is 11.5 Å². The smallest absolute Gasteiger partial charge is 0.323 e. The van der Waals surface area contributed by atoms with Crippen molar-refractivity contribution < 1.29 is 42.4 Å². The van der Waals surface area contributed by atoms with E-state index in [0.29, 0.717) is 65.8 Å². The number of aliphatic carboxylic acids is 2. The third-order valence-electron chi connectivity index (χ3n) is 6.99. The average molecular weight is 596 g/mol. The highest BCUT2D eigenvalue weighted by atomic mass is 19.1. The first-order valence-corrected chi connectivity index (χ1v) is 13.9. The van der Waals surface area contributed by atoms with Crippen LogP contribution < -0.4 is 9.47 Å². The lowest BCUT2D eigenvalue weighted by molar-refractivity contribution is -0.138. The number of unbranched alkanes of at least 4 members (excludes halogenated alkanes) is 1. The number of para-hydroxylation sites is 1. The summed E-state index contributed by atoms with van der Waals surface area (Å²) in [4.78, 5) is 22.6. The second-order valence-electron chi connectivity index (χ2n) is 10.0. The highest BCUT2D eigenvalue weighted by molar-refractivity contribution is 5.95. The van der Waals surface area contributed by atoms with E-state index in [2.05, 4.69) is 0 Å². The quantitative estimate of drug-likeness (QED) is 0.111. The number of nitrogens with zero attached hydrogens (tertiary/aromatic N) is 1. The van der Waals surface area contributed by atoms with Crippen LogP contribution in [0.3, 0.4) is 0 Å². The van der Waals surface area contributed by atoms with E-state index in [-0.39, 0.29) is 25.3 Å². The topological polar surface area (TPSA) is 98.0 Å². The third-order valence-corrected chi connectivity index (χ3v) is 6.99. The summed E-state index contributed by atoms with van der Waals surface area (Å²) in [5.74, 6) is -3.73. The summed E-state index contributed by atoms with van der Waals surface area (Å²) < 4.78 is 54.8. The van der Waals surface area contributed by atoms with Gasteiger partial charge < -0.3 is 24.3 Å². The maximum atomic E-state index is 15.1. The number of carboxylic acids is 2. The molecular formula is C33H32F3NO6. The van der Waals surface area contributed by atoms with E-state index in [9.17, 15) is 23.5 Å². The SMILES string of the molecule is Cc1c(CCCC(=O)O)c2c(F)ccc(C=Cc3ccc(OCCCCOc4c(F)cccc4F)cc3)c2n1CC(=O)O. The van der Waals surface area contributed by atoms with Gasteiger partial charge in [0.15, 0.2) is 17.4 Å². The molecule has 0 amide bonds. The largest absolute Gasteiger partial charge is 0.494 e. The van der Waals surface area contributed by atoms with Crippen molar-refractivity contribution in [3.63, 3.8) is 0 Å². The summed E-state index contributed by atoms with van der Waals surface area (Å²) in [7, 11) is 0. The highest BCUT2D eigenvalue weighted by Crippen LogP contribution is 2.33. The highest BCUT2D eigenvalue weighted by Gasteiger charge is 2.21. The van der Waals surface area contributed by atoms with E-state index in [4.69, 9.17) is 14.6 Å². The van der Waals surface area contributed by atoms with Gasteiger partial charge in [-0.3, -0.25) is 9.59 Å². The van der Waals surface area contributed by atoms with Crippen molar-refractivity contribution in [1.29, 1.82) is 0 Å². The maximum absolute atomic E-state index is 15.1. The second kappa shape index (κ2) is 14.4. The van der Waals surface area contributed by atoms with Gasteiger partial charge in [-0.1, -0.05) is 30.4 Å². The molecule has 0 spiro atoms. The average Bonchev–Trinajstić information content (AvgIpc) is 3.23. The number of rotatable bonds is 15. The van der Waals surface area contributed by atoms with E-state index in [1.807, 2.05) is 18.2 Å². The Balaban J connectivity index is 1.41. The van der Waals surface area contributed by atoms with Crippen LogP contribution in [0.5, 0.6) is 11.5 Å². The molecule has 4 rings (SSSR count). The van der Waals surface area contributed by atoms with E-state index in [1.165, 1.54) is 12.1 Å². The molecule has 3 aromatic carbocycles. The van der Waals surface area contributed by atoms with Crippen LogP contribution in [0.4, 0.5) is 13.2 Å². The molecule has 0 unspecified atom stereocenters. The van der Waals surface area contributed by atoms with Crippen LogP contribution in [0, 0.1) is 24.4 Å². The molecule has 226 valence electrons. The molecule has 43 heavy (non-hydrogen) atoms. The Morgan fingerprint density at radius 1 is 0.814 bits per heavy atom. The summed E-state index contributed by atoms with van der Waals surface area (Å²) in [5.41, 5.74) is 3.11. The molecule has 0 atom stereocenters. The van der Waals surface area contributed by atoms with Crippen LogP contribution in [0.1, 0.15) is 48.1 Å². The van der Waals surface area contributed by atoms with Gasteiger partial charge in [0, 0.05) is 17.5 Å². The van der Waals surface area contributed by atoms with Gasteiger partial charge in [-0.2, -0.15) is 0 Å². The van der Waals surface area contributed by atoms with Gasteiger partial charge in [0.1, 0.15) is 18.1 Å². The normalized spacial score (nSPS) is 11.3. The van der Waals surface area contributed by atoms with E-state index in [1.54, 1.807) is 35.8 Å². The minimum atomic E-state index is -1.07. The molecule has 7 nitrogen and oxygen atoms in total. The lowest BCUT2D eigenvalue weighted by atomic mass is 10.0. The molecule has 0 saturated carbocycles. The minimum Gasteiger partial charge on any atom is -0.494 e. The number of aryl methyl sites for hydroxylation is 1. The molecule has 4 aromatic rings. The first-order valence-electron chi connectivity index (χ1n) is 13.9. The van der Waals surface area contributed by atoms with Crippen LogP contribution in [-0.2, 0) is 22.6 Å². The number of aromatic nitrogens is 1. The Hall–Kier alpha value is -4.73. The molecule has 2 N–H and O–H groups in total. The first-order chi connectivity index (χ1) is 20.7. The monoisotopic (exact) mass is 595 g/mol. The number of benzene rings is 3. The van der Waals surface area contributed by atoms with Gasteiger partial charge in [0.25, 0.3) is 0 Å². The predicted octanol–water partition coefficient (Wildman–Crippen LogP) is 7.27. The zero-order chi connectivity index (χ0) is 30.9. The predicted molar refractivity (Wildman–Crippen MR) is 157 cm³/mol. The van der Waals surface area contributed by atoms with Gasteiger partial charge in [-0.25, -0.2) is 13.2 Å². The van der Waals surface area contributed by atoms with Crippen LogP contribution >= 0.6 is 0 Å². The fraction of sp³-hybridized carbons (Fsp3) is 0.273. The Morgan fingerprint density at radius 3 is 2.14 bits per heavy atom. The standard InChI is InChI=1S/C33H32F3NO6/c1-21-25(6-4-9-29(38)39)31-26(34)17-14-23(32(31)37(21)20-30(40)41)13-10-22-11-15-24(16-12-22)42-18-2-3-19-43-33-27(35)7-5-8-28(33)36/h5,7-8,10-17H,2-4,6,9,18-20H2,1H3,(H,38,39)(H,40,41). The van der Waals surface area contributed by atoms with Crippen LogP contribution in [0.25, 0.3) is 23.1 Å². The fourth-order valence-corrected chi connectivity index (χ4v) is 4.91. The van der Waals surface area contributed by atoms with E-state index >= 15 is 4.39 Å². The summed E-state index contributed by atoms with van der Waals surface area (Å²) in [6.07, 6.45) is 5.32. The van der Waals surface area contributed by atoms with Crippen LogP contribution in [-0.4, -0.2) is 39.9 Å². The lowest BCUT2D eigenvalue weighted by Gasteiger charge is -2.09. The second-order valence-corrected chi connectivity index (χ2v) is 10.0. The summed E-state index contributed by atoms with van der Waals surface area (Å²) in [5, 5.41) is 18.8. The van der Waals surface area contributed by atoms with Gasteiger partial charge >= 0.3 is 11.9 Å². The third kappa shape index (κ3) is 7.97. The zero-order valence-corrected chi connectivity index (χ0v) is 23.6. The first kappa shape index (κ1) is 31.2. The van der Waals surface area contributed by atoms with E-state index in [0.717, 1.165) is 17.7 Å². The number of carbonyl (C=O) groups is 2. The van der Waals surface area contributed by atoms with Gasteiger partial charge in [0.2, 0.25) is 0 Å². The molecule has 0 aliphatic carbocycles. The van der Waals surface area contributed by atoms with Crippen molar-refractivity contribution in [2.24, 2.45) is 0 Å². The zero-order valence-electron chi connectivity index (χ0n) is 23.6. The van der Waals surface area contributed by atoms with Crippen LogP contribution in [0.2, 0.25) is 0 Å². The number of ether oxygens (including phenoxy) is 2. The maximum Gasteiger partial charge on any atom is 0.323 e. The van der Waals surface area contributed by atoms with Gasteiger partial charge in [0.05, 0.1) is 18.7 Å².